The molecule has 1 aromatic heterocycles. The second kappa shape index (κ2) is 12.9. The van der Waals surface area contributed by atoms with Crippen molar-refractivity contribution in [2.24, 2.45) is 5.92 Å². The predicted molar refractivity (Wildman–Crippen MR) is 165 cm³/mol. The molecular formula is C32H46F3N7O2. The Balaban J connectivity index is 1.40. The van der Waals surface area contributed by atoms with Crippen LogP contribution in [0.3, 0.4) is 0 Å². The summed E-state index contributed by atoms with van der Waals surface area (Å²) in [5.74, 6) is -1.09. The van der Waals surface area contributed by atoms with Gasteiger partial charge in [-0.25, -0.2) is 4.98 Å². The predicted octanol–water partition coefficient (Wildman–Crippen LogP) is 5.59. The number of rotatable bonds is 9. The zero-order chi connectivity index (χ0) is 32.4. The molecule has 0 spiro atoms. The van der Waals surface area contributed by atoms with Gasteiger partial charge in [0, 0.05) is 47.5 Å². The maximum atomic E-state index is 13.8. The van der Waals surface area contributed by atoms with Crippen LogP contribution in [0.2, 0.25) is 0 Å². The highest BCUT2D eigenvalue weighted by Crippen LogP contribution is 2.38. The van der Waals surface area contributed by atoms with Gasteiger partial charge in [-0.05, 0) is 92.0 Å². The number of halogens is 3. The molecule has 0 unspecified atom stereocenters. The van der Waals surface area contributed by atoms with Gasteiger partial charge in [0.1, 0.15) is 11.4 Å². The molecule has 44 heavy (non-hydrogen) atoms. The molecule has 0 radical (unpaired) electrons. The minimum absolute atomic E-state index is 0.0241. The van der Waals surface area contributed by atoms with Crippen molar-refractivity contribution in [3.8, 4) is 0 Å². The Hall–Kier alpha value is -3.41. The third-order valence-electron chi connectivity index (χ3n) is 9.01. The normalized spacial score (nSPS) is 22.1. The van der Waals surface area contributed by atoms with Gasteiger partial charge in [-0.3, -0.25) is 14.5 Å². The van der Waals surface area contributed by atoms with Crippen LogP contribution in [-0.4, -0.2) is 62.9 Å². The lowest BCUT2D eigenvalue weighted by Gasteiger charge is -2.53. The Kier molecular flexibility index (Phi) is 9.82. The van der Waals surface area contributed by atoms with Crippen LogP contribution in [0.1, 0.15) is 95.1 Å². The molecule has 12 heteroatoms. The summed E-state index contributed by atoms with van der Waals surface area (Å²) in [4.78, 5) is 36.1. The quantitative estimate of drug-likeness (QED) is 0.290. The first-order chi connectivity index (χ1) is 20.5. The third-order valence-corrected chi connectivity index (χ3v) is 9.01. The van der Waals surface area contributed by atoms with Gasteiger partial charge in [-0.1, -0.05) is 18.6 Å². The van der Waals surface area contributed by atoms with Crippen molar-refractivity contribution >= 4 is 23.6 Å². The molecule has 1 aromatic carbocycles. The van der Waals surface area contributed by atoms with Crippen LogP contribution < -0.4 is 21.3 Å². The second-order valence-corrected chi connectivity index (χ2v) is 13.7. The van der Waals surface area contributed by atoms with E-state index in [1.807, 2.05) is 13.8 Å². The smallest absolute Gasteiger partial charge is 0.366 e. The average Bonchev–Trinajstić information content (AvgIpc) is 3.38. The van der Waals surface area contributed by atoms with Gasteiger partial charge in [-0.15, -0.1) is 0 Å². The Morgan fingerprint density at radius 3 is 2.27 bits per heavy atom. The van der Waals surface area contributed by atoms with Gasteiger partial charge in [0.05, 0.1) is 5.92 Å². The number of amides is 2. The number of benzene rings is 1. The van der Waals surface area contributed by atoms with Crippen molar-refractivity contribution in [2.75, 3.05) is 17.7 Å². The van der Waals surface area contributed by atoms with E-state index in [1.165, 1.54) is 0 Å². The highest BCUT2D eigenvalue weighted by molar-refractivity contribution is 5.94. The molecule has 2 aliphatic rings. The number of anilines is 2. The fraction of sp³-hybridized carbons (Fsp3) is 0.625. The number of piperidine rings is 1. The number of carbonyl (C=O) groups is 2. The van der Waals surface area contributed by atoms with E-state index >= 15 is 0 Å². The van der Waals surface area contributed by atoms with Crippen LogP contribution in [0.5, 0.6) is 0 Å². The van der Waals surface area contributed by atoms with E-state index in [1.54, 1.807) is 24.3 Å². The first-order valence-corrected chi connectivity index (χ1v) is 15.3. The van der Waals surface area contributed by atoms with Crippen LogP contribution in [-0.2, 0) is 17.5 Å². The summed E-state index contributed by atoms with van der Waals surface area (Å²) in [6, 6.07) is 6.58. The van der Waals surface area contributed by atoms with Crippen molar-refractivity contribution in [2.45, 2.75) is 116 Å². The number of alkyl halides is 3. The molecule has 1 saturated heterocycles. The van der Waals surface area contributed by atoms with E-state index in [9.17, 15) is 22.8 Å². The summed E-state index contributed by atoms with van der Waals surface area (Å²) in [6.45, 7) is 12.7. The molecule has 1 saturated carbocycles. The highest BCUT2D eigenvalue weighted by Gasteiger charge is 2.43. The molecule has 2 fully saturated rings. The Morgan fingerprint density at radius 2 is 1.68 bits per heavy atom. The molecule has 1 aliphatic carbocycles. The van der Waals surface area contributed by atoms with Crippen LogP contribution in [0.4, 0.5) is 24.9 Å². The van der Waals surface area contributed by atoms with Crippen LogP contribution in [0.25, 0.3) is 0 Å². The maximum Gasteiger partial charge on any atom is 0.421 e. The molecule has 4 N–H and O–H groups in total. The first kappa shape index (κ1) is 33.5. The lowest BCUT2D eigenvalue weighted by atomic mass is 9.77. The molecule has 242 valence electrons. The zero-order valence-electron chi connectivity index (χ0n) is 26.7. The summed E-state index contributed by atoms with van der Waals surface area (Å²) in [5.41, 5.74) is 0.262. The number of hydrogen-bond donors (Lipinski definition) is 4. The minimum Gasteiger partial charge on any atom is -0.366 e. The van der Waals surface area contributed by atoms with Crippen molar-refractivity contribution in [1.29, 1.82) is 0 Å². The lowest BCUT2D eigenvalue weighted by molar-refractivity contribution is -0.137. The van der Waals surface area contributed by atoms with Gasteiger partial charge in [0.25, 0.3) is 5.91 Å². The largest absolute Gasteiger partial charge is 0.421 e. The molecular weight excluding hydrogens is 571 g/mol. The van der Waals surface area contributed by atoms with Crippen molar-refractivity contribution < 1.29 is 22.8 Å². The molecule has 2 atom stereocenters. The van der Waals surface area contributed by atoms with Crippen LogP contribution in [0.15, 0.2) is 30.5 Å². The first-order valence-electron chi connectivity index (χ1n) is 15.3. The topological polar surface area (TPSA) is 111 Å². The fourth-order valence-electron chi connectivity index (χ4n) is 6.50. The average molecular weight is 618 g/mol. The Labute approximate surface area is 258 Å². The maximum absolute atomic E-state index is 13.8. The molecule has 4 rings (SSSR count). The van der Waals surface area contributed by atoms with Crippen LogP contribution >= 0.6 is 0 Å². The summed E-state index contributed by atoms with van der Waals surface area (Å²) in [7, 11) is 2.12. The van der Waals surface area contributed by atoms with Gasteiger partial charge >= 0.3 is 6.18 Å². The van der Waals surface area contributed by atoms with E-state index in [0.717, 1.165) is 31.0 Å². The summed E-state index contributed by atoms with van der Waals surface area (Å²) in [6.07, 6.45) is -0.329. The Bertz CT molecular complexity index is 1310. The van der Waals surface area contributed by atoms with Crippen molar-refractivity contribution in [3.63, 3.8) is 0 Å². The van der Waals surface area contributed by atoms with Crippen molar-refractivity contribution in [3.05, 3.63) is 47.2 Å². The number of hydrogen-bond acceptors (Lipinski definition) is 7. The monoisotopic (exact) mass is 617 g/mol. The van der Waals surface area contributed by atoms with Gasteiger partial charge < -0.3 is 21.3 Å². The molecule has 2 amide bonds. The molecule has 2 aromatic rings. The molecule has 1 aliphatic heterocycles. The number of nitrogens with one attached hydrogen (secondary N) is 4. The van der Waals surface area contributed by atoms with E-state index in [2.05, 4.69) is 70.9 Å². The standard InChI is InChI=1S/C32H46F3N7O2/c1-19(2)38-28(44)23-9-8-10-25(23)40-26-24(32(33,34)35)18-37-29(41-26)36-17-20-11-13-21(14-12-20)27(43)39-22-15-30(3,4)42(7)31(5,6)16-22/h11-14,18-19,22-23,25H,8-10,15-17H2,1-7H3,(H,38,44)(H,39,43)(H2,36,37,40,41)/t23-,25+/m0/s1. The number of nitrogens with zero attached hydrogens (tertiary/aromatic N) is 3. The fourth-order valence-corrected chi connectivity index (χ4v) is 6.50. The molecule has 9 nitrogen and oxygen atoms in total. The number of likely N-dealkylation sites (tertiary alicyclic amines) is 1. The third kappa shape index (κ3) is 7.99. The number of carbonyl (C=O) groups excluding carboxylic acids is 2. The van der Waals surface area contributed by atoms with E-state index < -0.39 is 23.7 Å². The van der Waals surface area contributed by atoms with Crippen molar-refractivity contribution in [1.82, 2.24) is 25.5 Å². The summed E-state index contributed by atoms with van der Waals surface area (Å²) in [5, 5.41) is 11.9. The molecule has 2 heterocycles. The Morgan fingerprint density at radius 1 is 1.05 bits per heavy atom. The van der Waals surface area contributed by atoms with Crippen LogP contribution in [0, 0.1) is 5.92 Å². The van der Waals surface area contributed by atoms with E-state index in [-0.39, 0.29) is 53.3 Å². The summed E-state index contributed by atoms with van der Waals surface area (Å²) < 4.78 is 41.5. The highest BCUT2D eigenvalue weighted by atomic mass is 19.4. The lowest BCUT2D eigenvalue weighted by Crippen LogP contribution is -2.62. The SMILES string of the molecule is CC(C)NC(=O)[C@H]1CCC[C@H]1Nc1nc(NCc2ccc(C(=O)NC3CC(C)(C)N(C)C(C)(C)C3)cc2)ncc1C(F)(F)F. The number of aromatic nitrogens is 2. The second-order valence-electron chi connectivity index (χ2n) is 13.7. The van der Waals surface area contributed by atoms with E-state index in [4.69, 9.17) is 0 Å². The zero-order valence-corrected chi connectivity index (χ0v) is 26.7. The molecule has 0 bridgehead atoms. The minimum atomic E-state index is -4.66. The van der Waals surface area contributed by atoms with Gasteiger partial charge in [0.15, 0.2) is 0 Å². The summed E-state index contributed by atoms with van der Waals surface area (Å²) >= 11 is 0. The van der Waals surface area contributed by atoms with E-state index in [0.29, 0.717) is 18.4 Å². The van der Waals surface area contributed by atoms with Gasteiger partial charge in [0.2, 0.25) is 11.9 Å². The van der Waals surface area contributed by atoms with Gasteiger partial charge in [-0.2, -0.15) is 18.2 Å².